The van der Waals surface area contributed by atoms with Crippen LogP contribution in [0.15, 0.2) is 24.3 Å². The summed E-state index contributed by atoms with van der Waals surface area (Å²) in [5, 5.41) is 3.13. The molecule has 5 heteroatoms. The summed E-state index contributed by atoms with van der Waals surface area (Å²) in [7, 11) is 0. The Balaban J connectivity index is 1.48. The third kappa shape index (κ3) is 4.53. The number of amides is 2. The topological polar surface area (TPSA) is 49.4 Å². The van der Waals surface area contributed by atoms with Crippen LogP contribution in [0.3, 0.4) is 0 Å². The molecule has 1 aromatic rings. The molecule has 2 fully saturated rings. The Kier molecular flexibility index (Phi) is 5.82. The lowest BCUT2D eigenvalue weighted by Crippen LogP contribution is -2.46. The first-order valence-electron chi connectivity index (χ1n) is 8.93. The highest BCUT2D eigenvalue weighted by Crippen LogP contribution is 2.29. The zero-order valence-electron chi connectivity index (χ0n) is 14.3. The molecule has 3 rings (SSSR count). The van der Waals surface area contributed by atoms with Crippen molar-refractivity contribution in [3.63, 3.8) is 0 Å². The molecule has 0 aromatic heterocycles. The molecule has 2 aliphatic rings. The summed E-state index contributed by atoms with van der Waals surface area (Å²) in [6, 6.07) is 8.22. The van der Waals surface area contributed by atoms with E-state index in [0.717, 1.165) is 55.8 Å². The smallest absolute Gasteiger partial charge is 0.253 e. The largest absolute Gasteiger partial charge is 0.353 e. The van der Waals surface area contributed by atoms with Gasteiger partial charge >= 0.3 is 0 Å². The van der Waals surface area contributed by atoms with E-state index in [9.17, 15) is 9.59 Å². The first kappa shape index (κ1) is 17.3. The van der Waals surface area contributed by atoms with E-state index in [1.165, 1.54) is 5.56 Å². The van der Waals surface area contributed by atoms with E-state index in [1.807, 2.05) is 28.8 Å². The lowest BCUT2D eigenvalue weighted by molar-refractivity contribution is -0.123. The second-order valence-corrected chi connectivity index (χ2v) is 7.96. The van der Waals surface area contributed by atoms with Gasteiger partial charge in [-0.25, -0.2) is 0 Å². The van der Waals surface area contributed by atoms with Crippen molar-refractivity contribution in [1.82, 2.24) is 10.2 Å². The highest BCUT2D eigenvalue weighted by atomic mass is 32.2. The van der Waals surface area contributed by atoms with Crippen LogP contribution in [0.2, 0.25) is 0 Å². The molecule has 1 saturated heterocycles. The van der Waals surface area contributed by atoms with Crippen LogP contribution in [-0.4, -0.2) is 41.6 Å². The van der Waals surface area contributed by atoms with E-state index >= 15 is 0 Å². The third-order valence-electron chi connectivity index (χ3n) is 4.75. The Morgan fingerprint density at radius 2 is 1.79 bits per heavy atom. The second kappa shape index (κ2) is 8.06. The summed E-state index contributed by atoms with van der Waals surface area (Å²) in [5.41, 5.74) is 2.03. The molecule has 1 N–H and O–H groups in total. The van der Waals surface area contributed by atoms with Gasteiger partial charge in [-0.2, -0.15) is 11.8 Å². The quantitative estimate of drug-likeness (QED) is 0.861. The highest BCUT2D eigenvalue weighted by Gasteiger charge is 2.32. The molecule has 1 saturated carbocycles. The van der Waals surface area contributed by atoms with E-state index in [1.54, 1.807) is 0 Å². The van der Waals surface area contributed by atoms with Crippen molar-refractivity contribution in [2.24, 2.45) is 5.92 Å². The zero-order valence-corrected chi connectivity index (χ0v) is 15.1. The van der Waals surface area contributed by atoms with Crippen LogP contribution in [0.4, 0.5) is 0 Å². The van der Waals surface area contributed by atoms with Crippen molar-refractivity contribution in [3.05, 3.63) is 35.4 Å². The minimum atomic E-state index is 0.108. The molecular weight excluding hydrogens is 320 g/mol. The van der Waals surface area contributed by atoms with Gasteiger partial charge in [-0.3, -0.25) is 9.59 Å². The number of piperidine rings is 1. The van der Waals surface area contributed by atoms with Crippen molar-refractivity contribution >= 4 is 23.6 Å². The van der Waals surface area contributed by atoms with E-state index < -0.39 is 0 Å². The molecule has 4 nitrogen and oxygen atoms in total. The van der Waals surface area contributed by atoms with Crippen molar-refractivity contribution in [2.75, 3.05) is 18.8 Å². The lowest BCUT2D eigenvalue weighted by Gasteiger charge is -2.32. The Morgan fingerprint density at radius 3 is 2.38 bits per heavy atom. The summed E-state index contributed by atoms with van der Waals surface area (Å²) in [6.45, 7) is 3.60. The number of nitrogens with one attached hydrogen (secondary N) is 1. The number of rotatable bonds is 6. The van der Waals surface area contributed by atoms with Crippen LogP contribution in [0.5, 0.6) is 0 Å². The predicted molar refractivity (Wildman–Crippen MR) is 98.1 cm³/mol. The van der Waals surface area contributed by atoms with Gasteiger partial charge < -0.3 is 10.2 Å². The number of hydrogen-bond donors (Lipinski definition) is 1. The molecule has 24 heavy (non-hydrogen) atoms. The molecule has 0 spiro atoms. The van der Waals surface area contributed by atoms with E-state index in [0.29, 0.717) is 0 Å². The predicted octanol–water partition coefficient (Wildman–Crippen LogP) is 3.07. The van der Waals surface area contributed by atoms with Crippen molar-refractivity contribution in [1.29, 1.82) is 0 Å². The number of carbonyl (C=O) groups is 2. The number of benzene rings is 1. The molecule has 2 amide bonds. The van der Waals surface area contributed by atoms with Crippen molar-refractivity contribution in [3.8, 4) is 0 Å². The van der Waals surface area contributed by atoms with Gasteiger partial charge in [0.15, 0.2) is 0 Å². The highest BCUT2D eigenvalue weighted by molar-refractivity contribution is 7.98. The first-order valence-corrected chi connectivity index (χ1v) is 10.1. The summed E-state index contributed by atoms with van der Waals surface area (Å²) in [5.74, 6) is 2.68. The molecule has 1 aromatic carbocycles. The SMILES string of the molecule is CCSCc1ccc(C(=O)N2CCC(NC(=O)C3CC3)CC2)cc1. The fourth-order valence-electron chi connectivity index (χ4n) is 3.04. The van der Waals surface area contributed by atoms with E-state index in [4.69, 9.17) is 0 Å². The fourth-order valence-corrected chi connectivity index (χ4v) is 3.67. The summed E-state index contributed by atoms with van der Waals surface area (Å²) < 4.78 is 0. The zero-order chi connectivity index (χ0) is 16.9. The monoisotopic (exact) mass is 346 g/mol. The number of likely N-dealkylation sites (tertiary alicyclic amines) is 1. The first-order chi connectivity index (χ1) is 11.7. The molecule has 0 atom stereocenters. The maximum Gasteiger partial charge on any atom is 0.253 e. The molecule has 1 heterocycles. The van der Waals surface area contributed by atoms with Crippen LogP contribution in [0.25, 0.3) is 0 Å². The van der Waals surface area contributed by atoms with Crippen LogP contribution in [-0.2, 0) is 10.5 Å². The van der Waals surface area contributed by atoms with Gasteiger partial charge in [0.1, 0.15) is 0 Å². The Bertz CT molecular complexity index is 576. The molecule has 1 aliphatic carbocycles. The van der Waals surface area contributed by atoms with Crippen molar-refractivity contribution in [2.45, 2.75) is 44.4 Å². The maximum absolute atomic E-state index is 12.6. The number of nitrogens with zero attached hydrogens (tertiary/aromatic N) is 1. The molecule has 0 radical (unpaired) electrons. The van der Waals surface area contributed by atoms with E-state index in [2.05, 4.69) is 24.4 Å². The Hall–Kier alpha value is -1.49. The van der Waals surface area contributed by atoms with Crippen LogP contribution in [0, 0.1) is 5.92 Å². The van der Waals surface area contributed by atoms with Crippen LogP contribution >= 0.6 is 11.8 Å². The fraction of sp³-hybridized carbons (Fsp3) is 0.579. The Labute approximate surface area is 148 Å². The normalized spacial score (nSPS) is 18.5. The minimum Gasteiger partial charge on any atom is -0.353 e. The molecule has 0 unspecified atom stereocenters. The standard InChI is InChI=1S/C19H26N2O2S/c1-2-24-13-14-3-5-16(6-4-14)19(23)21-11-9-17(10-12-21)20-18(22)15-7-8-15/h3-6,15,17H,2,7-13H2,1H3,(H,20,22). The summed E-state index contributed by atoms with van der Waals surface area (Å²) in [6.07, 6.45) is 3.79. The molecule has 0 bridgehead atoms. The molecule has 130 valence electrons. The van der Waals surface area contributed by atoms with Gasteiger partial charge in [-0.1, -0.05) is 19.1 Å². The van der Waals surface area contributed by atoms with Gasteiger partial charge in [-0.05, 0) is 49.1 Å². The Morgan fingerprint density at radius 1 is 1.12 bits per heavy atom. The van der Waals surface area contributed by atoms with Crippen LogP contribution < -0.4 is 5.32 Å². The van der Waals surface area contributed by atoms with Crippen LogP contribution in [0.1, 0.15) is 48.5 Å². The van der Waals surface area contributed by atoms with E-state index in [-0.39, 0.29) is 23.8 Å². The van der Waals surface area contributed by atoms with Gasteiger partial charge in [0.25, 0.3) is 5.91 Å². The number of carbonyl (C=O) groups excluding carboxylic acids is 2. The second-order valence-electron chi connectivity index (χ2n) is 6.68. The lowest BCUT2D eigenvalue weighted by atomic mass is 10.0. The molecule has 1 aliphatic heterocycles. The average molecular weight is 346 g/mol. The minimum absolute atomic E-state index is 0.108. The van der Waals surface area contributed by atoms with Gasteiger partial charge in [0.2, 0.25) is 5.91 Å². The van der Waals surface area contributed by atoms with Gasteiger partial charge in [0.05, 0.1) is 0 Å². The maximum atomic E-state index is 12.6. The average Bonchev–Trinajstić information content (AvgIpc) is 3.46. The summed E-state index contributed by atoms with van der Waals surface area (Å²) in [4.78, 5) is 26.3. The number of hydrogen-bond acceptors (Lipinski definition) is 3. The summed E-state index contributed by atoms with van der Waals surface area (Å²) >= 11 is 1.89. The van der Waals surface area contributed by atoms with Crippen molar-refractivity contribution < 1.29 is 9.59 Å². The third-order valence-corrected chi connectivity index (χ3v) is 5.70. The van der Waals surface area contributed by atoms with Gasteiger partial charge in [-0.15, -0.1) is 0 Å². The van der Waals surface area contributed by atoms with Gasteiger partial charge in [0, 0.05) is 36.4 Å². The molecular formula is C19H26N2O2S. The number of thioether (sulfide) groups is 1.